The number of fused-ring (bicyclic) bond motifs is 3. The van der Waals surface area contributed by atoms with Crippen LogP contribution in [0.25, 0.3) is 0 Å². The van der Waals surface area contributed by atoms with Crippen LogP contribution in [0.4, 0.5) is 0 Å². The van der Waals surface area contributed by atoms with Crippen molar-refractivity contribution in [1.29, 1.82) is 0 Å². The molecule has 0 radical (unpaired) electrons. The first kappa shape index (κ1) is 12.2. The molecule has 0 spiro atoms. The summed E-state index contributed by atoms with van der Waals surface area (Å²) in [7, 11) is 0. The Morgan fingerprint density at radius 2 is 1.95 bits per heavy atom. The second-order valence-electron chi connectivity index (χ2n) is 5.14. The van der Waals surface area contributed by atoms with Crippen molar-refractivity contribution in [2.75, 3.05) is 19.6 Å². The highest BCUT2D eigenvalue weighted by molar-refractivity contribution is 5.96. The van der Waals surface area contributed by atoms with E-state index >= 15 is 0 Å². The van der Waals surface area contributed by atoms with E-state index in [9.17, 15) is 9.90 Å². The number of rotatable bonds is 2. The molecule has 5 heteroatoms. The van der Waals surface area contributed by atoms with Crippen LogP contribution in [0.1, 0.15) is 23.2 Å². The Morgan fingerprint density at radius 3 is 2.53 bits per heavy atom. The van der Waals surface area contributed by atoms with Crippen LogP contribution in [0, 0.1) is 5.92 Å². The average molecular weight is 259 g/mol. The van der Waals surface area contributed by atoms with Gasteiger partial charge in [0.1, 0.15) is 5.75 Å². The number of hydrogen-bond acceptors (Lipinski definition) is 4. The molecule has 2 bridgehead atoms. The summed E-state index contributed by atoms with van der Waals surface area (Å²) in [5.74, 6) is 0.453. The van der Waals surface area contributed by atoms with Gasteiger partial charge in [0.2, 0.25) is 0 Å². The molecule has 100 valence electrons. The number of phenols is 1. The normalized spacial score (nSPS) is 27.5. The Bertz CT molecular complexity index is 502. The minimum Gasteiger partial charge on any atom is -0.508 e. The number of hydrogen-bond donors (Lipinski definition) is 2. The number of nitrogens with zero attached hydrogens (tertiary/aromatic N) is 2. The van der Waals surface area contributed by atoms with Gasteiger partial charge in [-0.25, -0.2) is 5.43 Å². The fourth-order valence-corrected chi connectivity index (χ4v) is 2.71. The zero-order chi connectivity index (χ0) is 13.2. The number of piperidine rings is 3. The molecule has 3 saturated heterocycles. The summed E-state index contributed by atoms with van der Waals surface area (Å²) in [5, 5.41) is 13.5. The van der Waals surface area contributed by atoms with E-state index in [1.807, 2.05) is 0 Å². The number of phenolic OH excluding ortho intramolecular Hbond substituents is 1. The summed E-state index contributed by atoms with van der Waals surface area (Å²) in [6.07, 6.45) is 2.29. The van der Waals surface area contributed by atoms with Crippen molar-refractivity contribution >= 4 is 11.6 Å². The first-order chi connectivity index (χ1) is 9.22. The summed E-state index contributed by atoms with van der Waals surface area (Å²) in [5.41, 5.74) is 4.20. The molecule has 0 aliphatic carbocycles. The SMILES string of the molecule is O=C(N/N=C1/CN2CCC1CC2)c1ccc(O)cc1. The van der Waals surface area contributed by atoms with E-state index in [1.165, 1.54) is 12.1 Å². The number of amides is 1. The summed E-state index contributed by atoms with van der Waals surface area (Å²) in [4.78, 5) is 14.3. The lowest BCUT2D eigenvalue weighted by Crippen LogP contribution is -2.48. The predicted octanol–water partition coefficient (Wildman–Crippen LogP) is 1.20. The van der Waals surface area contributed by atoms with Crippen LogP contribution < -0.4 is 5.43 Å². The molecule has 19 heavy (non-hydrogen) atoms. The Hall–Kier alpha value is -1.88. The van der Waals surface area contributed by atoms with E-state index in [1.54, 1.807) is 12.1 Å². The lowest BCUT2D eigenvalue weighted by atomic mass is 9.87. The van der Waals surface area contributed by atoms with Crippen LogP contribution in [0.3, 0.4) is 0 Å². The third kappa shape index (κ3) is 2.61. The monoisotopic (exact) mass is 259 g/mol. The molecule has 4 rings (SSSR count). The van der Waals surface area contributed by atoms with Gasteiger partial charge in [-0.15, -0.1) is 0 Å². The van der Waals surface area contributed by atoms with E-state index in [0.29, 0.717) is 11.5 Å². The number of benzene rings is 1. The van der Waals surface area contributed by atoms with Crippen molar-refractivity contribution in [1.82, 2.24) is 10.3 Å². The second kappa shape index (κ2) is 5.01. The lowest BCUT2D eigenvalue weighted by molar-refractivity contribution is 0.0953. The van der Waals surface area contributed by atoms with Gasteiger partial charge in [-0.05, 0) is 50.2 Å². The number of hydrazone groups is 1. The maximum absolute atomic E-state index is 11.9. The van der Waals surface area contributed by atoms with Gasteiger partial charge < -0.3 is 5.11 Å². The smallest absolute Gasteiger partial charge is 0.271 e. The molecule has 0 saturated carbocycles. The quantitative estimate of drug-likeness (QED) is 0.784. The standard InChI is InChI=1S/C14H17N3O2/c18-12-3-1-11(2-4-12)14(19)16-15-13-9-17-7-5-10(13)6-8-17/h1-4,10,18H,5-9H2,(H,16,19)/b15-13-. The molecular formula is C14H17N3O2. The van der Waals surface area contributed by atoms with Gasteiger partial charge in [-0.2, -0.15) is 5.10 Å². The third-order valence-electron chi connectivity index (χ3n) is 3.87. The van der Waals surface area contributed by atoms with Crippen LogP contribution >= 0.6 is 0 Å². The summed E-state index contributed by atoms with van der Waals surface area (Å²) in [6.45, 7) is 3.17. The van der Waals surface area contributed by atoms with Gasteiger partial charge in [0.25, 0.3) is 5.91 Å². The molecule has 1 aromatic rings. The number of carbonyl (C=O) groups is 1. The number of carbonyl (C=O) groups excluding carboxylic acids is 1. The third-order valence-corrected chi connectivity index (χ3v) is 3.87. The van der Waals surface area contributed by atoms with Crippen molar-refractivity contribution in [2.45, 2.75) is 12.8 Å². The van der Waals surface area contributed by atoms with Gasteiger partial charge in [0.05, 0.1) is 5.71 Å². The van der Waals surface area contributed by atoms with E-state index in [2.05, 4.69) is 15.4 Å². The minimum atomic E-state index is -0.232. The number of aromatic hydroxyl groups is 1. The average Bonchev–Trinajstić information content (AvgIpc) is 2.47. The molecule has 5 nitrogen and oxygen atoms in total. The minimum absolute atomic E-state index is 0.153. The Balaban J connectivity index is 1.65. The fourth-order valence-electron chi connectivity index (χ4n) is 2.71. The van der Waals surface area contributed by atoms with E-state index < -0.39 is 0 Å². The van der Waals surface area contributed by atoms with Gasteiger partial charge in [-0.1, -0.05) is 0 Å². The van der Waals surface area contributed by atoms with Crippen LogP contribution in [0.2, 0.25) is 0 Å². The van der Waals surface area contributed by atoms with Crippen molar-refractivity contribution in [3.05, 3.63) is 29.8 Å². The number of nitrogens with one attached hydrogen (secondary N) is 1. The molecule has 3 aliphatic rings. The van der Waals surface area contributed by atoms with Crippen molar-refractivity contribution < 1.29 is 9.90 Å². The van der Waals surface area contributed by atoms with Crippen molar-refractivity contribution in [2.24, 2.45) is 11.0 Å². The second-order valence-corrected chi connectivity index (χ2v) is 5.14. The summed E-state index contributed by atoms with van der Waals surface area (Å²) in [6, 6.07) is 6.16. The highest BCUT2D eigenvalue weighted by atomic mass is 16.3. The molecule has 3 heterocycles. The molecule has 0 atom stereocenters. The van der Waals surface area contributed by atoms with Crippen LogP contribution in [0.15, 0.2) is 29.4 Å². The van der Waals surface area contributed by atoms with E-state index in [4.69, 9.17) is 0 Å². The highest BCUT2D eigenvalue weighted by Gasteiger charge is 2.30. The van der Waals surface area contributed by atoms with Crippen LogP contribution in [0.5, 0.6) is 5.75 Å². The summed E-state index contributed by atoms with van der Waals surface area (Å²) >= 11 is 0. The Labute approximate surface area is 111 Å². The van der Waals surface area contributed by atoms with Crippen molar-refractivity contribution in [3.63, 3.8) is 0 Å². The molecule has 0 aromatic heterocycles. The maximum Gasteiger partial charge on any atom is 0.271 e. The largest absolute Gasteiger partial charge is 0.508 e. The van der Waals surface area contributed by atoms with Gasteiger partial charge in [0, 0.05) is 18.0 Å². The molecule has 2 N–H and O–H groups in total. The molecule has 1 aromatic carbocycles. The van der Waals surface area contributed by atoms with Crippen LogP contribution in [-0.4, -0.2) is 41.3 Å². The lowest BCUT2D eigenvalue weighted by Gasteiger charge is -2.39. The molecule has 1 amide bonds. The molecule has 3 fully saturated rings. The van der Waals surface area contributed by atoms with Crippen LogP contribution in [-0.2, 0) is 0 Å². The molecule has 0 unspecified atom stereocenters. The van der Waals surface area contributed by atoms with Gasteiger partial charge in [-0.3, -0.25) is 9.69 Å². The fraction of sp³-hybridized carbons (Fsp3) is 0.429. The highest BCUT2D eigenvalue weighted by Crippen LogP contribution is 2.24. The zero-order valence-electron chi connectivity index (χ0n) is 10.7. The van der Waals surface area contributed by atoms with Gasteiger partial charge >= 0.3 is 0 Å². The first-order valence-electron chi connectivity index (χ1n) is 6.60. The Kier molecular flexibility index (Phi) is 3.21. The van der Waals surface area contributed by atoms with Gasteiger partial charge in [0.15, 0.2) is 0 Å². The molecular weight excluding hydrogens is 242 g/mol. The predicted molar refractivity (Wildman–Crippen MR) is 72.2 cm³/mol. The first-order valence-corrected chi connectivity index (χ1v) is 6.60. The van der Waals surface area contributed by atoms with E-state index in [0.717, 1.165) is 38.2 Å². The summed E-state index contributed by atoms with van der Waals surface area (Å²) < 4.78 is 0. The topological polar surface area (TPSA) is 64.9 Å². The zero-order valence-corrected chi connectivity index (χ0v) is 10.7. The maximum atomic E-state index is 11.9. The van der Waals surface area contributed by atoms with Crippen molar-refractivity contribution in [3.8, 4) is 5.75 Å². The van der Waals surface area contributed by atoms with E-state index in [-0.39, 0.29) is 11.7 Å². The Morgan fingerprint density at radius 1 is 1.26 bits per heavy atom. The molecule has 3 aliphatic heterocycles.